The van der Waals surface area contributed by atoms with Crippen molar-refractivity contribution in [1.82, 2.24) is 9.80 Å². The Morgan fingerprint density at radius 3 is 1.61 bits per heavy atom. The third-order valence-electron chi connectivity index (χ3n) is 10.4. The Labute approximate surface area is 340 Å². The fourth-order valence-corrected chi connectivity index (χ4v) is 8.91. The largest absolute Gasteiger partial charge is 0.385 e. The molecule has 0 aliphatic carbocycles. The van der Waals surface area contributed by atoms with Gasteiger partial charge in [-0.25, -0.2) is 29.1 Å². The molecular weight excluding hydrogens is 802 g/mol. The van der Waals surface area contributed by atoms with E-state index in [9.17, 15) is 29.1 Å². The van der Waals surface area contributed by atoms with E-state index in [0.29, 0.717) is 59.3 Å². The quantitative estimate of drug-likeness (QED) is 0.0894. The van der Waals surface area contributed by atoms with Crippen LogP contribution in [0.2, 0.25) is 20.1 Å². The lowest BCUT2D eigenvalue weighted by molar-refractivity contribution is -0.129. The average Bonchev–Trinajstić information content (AvgIpc) is 3.92. The van der Waals surface area contributed by atoms with Crippen LogP contribution in [0.3, 0.4) is 0 Å². The molecule has 4 aliphatic rings. The molecule has 0 aromatic heterocycles. The van der Waals surface area contributed by atoms with Crippen molar-refractivity contribution in [3.8, 4) is 0 Å². The molecule has 16 heteroatoms. The van der Waals surface area contributed by atoms with Crippen LogP contribution in [0, 0.1) is 13.1 Å². The molecule has 6 amide bonds. The summed E-state index contributed by atoms with van der Waals surface area (Å²) in [4.78, 5) is 77.7. The first kappa shape index (κ1) is 38.8. The lowest BCUT2D eigenvalue weighted by Crippen LogP contribution is -2.52. The Balaban J connectivity index is 0.000000172. The van der Waals surface area contributed by atoms with Gasteiger partial charge in [-0.2, -0.15) is 0 Å². The van der Waals surface area contributed by atoms with Gasteiger partial charge in [-0.3, -0.25) is 14.4 Å². The Kier molecular flexibility index (Phi) is 10.3. The smallest absolute Gasteiger partial charge is 0.332 e. The number of hydrogen-bond acceptors (Lipinski definition) is 6. The number of amides is 6. The molecule has 56 heavy (non-hydrogen) atoms. The maximum Gasteiger partial charge on any atom is 0.332 e. The van der Waals surface area contributed by atoms with E-state index in [4.69, 9.17) is 59.5 Å². The van der Waals surface area contributed by atoms with Gasteiger partial charge in [0.25, 0.3) is 11.8 Å². The molecule has 282 valence electrons. The number of rotatable bonds is 6. The molecule has 8 rings (SSSR count). The standard InChI is InChI=1S/C20H15Cl2N3O3.C20H13Cl2N3O3/c2*1-23-15-5-3-12(4-6-15)17(26)20-7-2-8-24(20)19(28)25(18(20)27)16-10-13(21)9-14(22)11-16/h3-6,9-11,17,26H,2,7-8H2;3-6,9-11H,2,7-8H2. The van der Waals surface area contributed by atoms with Crippen molar-refractivity contribution in [2.75, 3.05) is 22.9 Å². The van der Waals surface area contributed by atoms with Crippen LogP contribution in [-0.4, -0.2) is 68.7 Å². The Bertz CT molecular complexity index is 2380. The van der Waals surface area contributed by atoms with E-state index in [1.54, 1.807) is 24.3 Å². The molecule has 4 aromatic carbocycles. The Morgan fingerprint density at radius 1 is 0.643 bits per heavy atom. The van der Waals surface area contributed by atoms with Crippen LogP contribution in [0.5, 0.6) is 0 Å². The van der Waals surface area contributed by atoms with E-state index in [1.807, 2.05) is 0 Å². The van der Waals surface area contributed by atoms with Crippen LogP contribution in [0.15, 0.2) is 84.9 Å². The number of urea groups is 2. The normalized spacial score (nSPS) is 21.7. The molecule has 4 saturated heterocycles. The molecule has 0 saturated carbocycles. The van der Waals surface area contributed by atoms with Crippen molar-refractivity contribution in [2.45, 2.75) is 42.9 Å². The summed E-state index contributed by atoms with van der Waals surface area (Å²) >= 11 is 24.1. The lowest BCUT2D eigenvalue weighted by atomic mass is 9.85. The summed E-state index contributed by atoms with van der Waals surface area (Å²) in [5.74, 6) is -1.56. The SMILES string of the molecule is [C-]#[N+]c1ccc(C(=O)C23CCCN2C(=O)N(c2cc(Cl)cc(Cl)c2)C3=O)cc1.[C-]#[N+]c1ccc(C(O)C23CCCN2C(=O)N(c2cc(Cl)cc(Cl)c2)C3=O)cc1. The van der Waals surface area contributed by atoms with Crippen molar-refractivity contribution in [3.63, 3.8) is 0 Å². The van der Waals surface area contributed by atoms with Crippen molar-refractivity contribution in [1.29, 1.82) is 0 Å². The number of ketones is 1. The summed E-state index contributed by atoms with van der Waals surface area (Å²) in [5, 5.41) is 12.3. The highest BCUT2D eigenvalue weighted by atomic mass is 35.5. The number of halogens is 4. The number of anilines is 2. The minimum Gasteiger partial charge on any atom is -0.385 e. The molecular formula is C40H28Cl4N6O6. The Hall–Kier alpha value is -5.47. The lowest BCUT2D eigenvalue weighted by Gasteiger charge is -2.33. The third-order valence-corrected chi connectivity index (χ3v) is 11.3. The molecule has 4 aliphatic heterocycles. The molecule has 4 heterocycles. The van der Waals surface area contributed by atoms with E-state index >= 15 is 0 Å². The molecule has 0 radical (unpaired) electrons. The monoisotopic (exact) mass is 828 g/mol. The Morgan fingerprint density at radius 2 is 1.09 bits per heavy atom. The number of aliphatic hydroxyl groups is 1. The highest BCUT2D eigenvalue weighted by Gasteiger charge is 2.65. The number of Topliss-reactive ketones (excluding diaryl/α,β-unsaturated/α-hetero) is 1. The summed E-state index contributed by atoms with van der Waals surface area (Å²) in [6, 6.07) is 20.3. The number of imide groups is 2. The van der Waals surface area contributed by atoms with Crippen LogP contribution in [-0.2, 0) is 9.59 Å². The van der Waals surface area contributed by atoms with Crippen molar-refractivity contribution >= 4 is 98.8 Å². The van der Waals surface area contributed by atoms with Crippen LogP contribution < -0.4 is 9.80 Å². The number of carbonyl (C=O) groups excluding carboxylic acids is 5. The zero-order valence-corrected chi connectivity index (χ0v) is 32.1. The van der Waals surface area contributed by atoms with Gasteiger partial charge in [-0.15, -0.1) is 0 Å². The first-order valence-corrected chi connectivity index (χ1v) is 18.7. The maximum atomic E-state index is 13.4. The first-order chi connectivity index (χ1) is 26.8. The van der Waals surface area contributed by atoms with Gasteiger partial charge in [0.1, 0.15) is 6.10 Å². The van der Waals surface area contributed by atoms with Crippen LogP contribution in [0.25, 0.3) is 9.69 Å². The first-order valence-electron chi connectivity index (χ1n) is 17.2. The van der Waals surface area contributed by atoms with Crippen molar-refractivity contribution in [3.05, 3.63) is 139 Å². The number of benzene rings is 4. The van der Waals surface area contributed by atoms with E-state index in [0.717, 1.165) is 9.80 Å². The van der Waals surface area contributed by atoms with Crippen molar-refractivity contribution < 1.29 is 29.1 Å². The van der Waals surface area contributed by atoms with Gasteiger partial charge in [-0.05, 0) is 67.6 Å². The fraction of sp³-hybridized carbons (Fsp3) is 0.225. The van der Waals surface area contributed by atoms with Gasteiger partial charge < -0.3 is 14.9 Å². The zero-order valence-electron chi connectivity index (χ0n) is 29.1. The highest BCUT2D eigenvalue weighted by molar-refractivity contribution is 6.38. The number of aliphatic hydroxyl groups excluding tert-OH is 1. The van der Waals surface area contributed by atoms with Gasteiger partial charge in [0.2, 0.25) is 0 Å². The highest BCUT2D eigenvalue weighted by Crippen LogP contribution is 2.48. The molecule has 1 N–H and O–H groups in total. The minimum atomic E-state index is -1.58. The molecule has 4 aromatic rings. The predicted molar refractivity (Wildman–Crippen MR) is 211 cm³/mol. The summed E-state index contributed by atoms with van der Waals surface area (Å²) < 4.78 is 0. The van der Waals surface area contributed by atoms with Crippen LogP contribution in [0.4, 0.5) is 32.3 Å². The van der Waals surface area contributed by atoms with E-state index < -0.39 is 46.8 Å². The zero-order chi connectivity index (χ0) is 40.1. The van der Waals surface area contributed by atoms with Gasteiger partial charge in [-0.1, -0.05) is 94.9 Å². The van der Waals surface area contributed by atoms with Gasteiger partial charge in [0.05, 0.1) is 24.5 Å². The van der Waals surface area contributed by atoms with Gasteiger partial charge in [0.15, 0.2) is 28.2 Å². The number of fused-ring (bicyclic) bond motifs is 2. The molecule has 0 spiro atoms. The summed E-state index contributed by atoms with van der Waals surface area (Å²) in [6.45, 7) is 14.7. The number of nitrogens with zero attached hydrogens (tertiary/aromatic N) is 6. The molecule has 3 unspecified atom stereocenters. The predicted octanol–water partition coefficient (Wildman–Crippen LogP) is 9.31. The average molecular weight is 831 g/mol. The van der Waals surface area contributed by atoms with E-state index in [1.165, 1.54) is 70.5 Å². The minimum absolute atomic E-state index is 0.234. The summed E-state index contributed by atoms with van der Waals surface area (Å²) in [5.41, 5.74) is -0.869. The van der Waals surface area contributed by atoms with Gasteiger partial charge in [0, 0.05) is 38.7 Å². The number of carbonyl (C=O) groups is 5. The topological polar surface area (TPSA) is 127 Å². The van der Waals surface area contributed by atoms with E-state index in [2.05, 4.69) is 9.69 Å². The molecule has 12 nitrogen and oxygen atoms in total. The van der Waals surface area contributed by atoms with Crippen LogP contribution in [0.1, 0.15) is 47.7 Å². The molecule has 3 atom stereocenters. The molecule has 4 fully saturated rings. The summed E-state index contributed by atoms with van der Waals surface area (Å²) in [6.07, 6.45) is 0.525. The summed E-state index contributed by atoms with van der Waals surface area (Å²) in [7, 11) is 0. The van der Waals surface area contributed by atoms with Crippen LogP contribution >= 0.6 is 46.4 Å². The third kappa shape index (κ3) is 6.24. The van der Waals surface area contributed by atoms with E-state index in [-0.39, 0.29) is 33.4 Å². The van der Waals surface area contributed by atoms with Crippen molar-refractivity contribution in [2.24, 2.45) is 0 Å². The maximum absolute atomic E-state index is 13.4. The second-order valence-corrected chi connectivity index (χ2v) is 15.2. The van der Waals surface area contributed by atoms with Gasteiger partial charge >= 0.3 is 12.1 Å². The second-order valence-electron chi connectivity index (χ2n) is 13.5. The molecule has 0 bridgehead atoms. The second kappa shape index (κ2) is 14.9. The fourth-order valence-electron chi connectivity index (χ4n) is 7.88. The number of hydrogen-bond donors (Lipinski definition) is 1.